The molecule has 12 nitrogen and oxygen atoms in total. The summed E-state index contributed by atoms with van der Waals surface area (Å²) in [5.74, 6) is -6.63. The lowest BCUT2D eigenvalue weighted by molar-refractivity contribution is -0.257. The van der Waals surface area contributed by atoms with E-state index in [1.54, 1.807) is 60.7 Å². The van der Waals surface area contributed by atoms with Crippen molar-refractivity contribution in [2.24, 2.45) is 5.73 Å². The second kappa shape index (κ2) is 17.1. The molecule has 1 aliphatic rings. The van der Waals surface area contributed by atoms with Gasteiger partial charge in [0.2, 0.25) is 17.7 Å². The van der Waals surface area contributed by atoms with Crippen LogP contribution in [0.2, 0.25) is 0 Å². The molecule has 5 unspecified atom stereocenters. The molecule has 254 valence electrons. The van der Waals surface area contributed by atoms with E-state index in [2.05, 4.69) is 15.5 Å². The quantitative estimate of drug-likeness (QED) is 0.144. The fourth-order valence-corrected chi connectivity index (χ4v) is 7.22. The molecule has 2 aromatic carbocycles. The molecular formula is C31H37F3N5O7P. The lowest BCUT2D eigenvalue weighted by Crippen LogP contribution is -2.46. The minimum absolute atomic E-state index is 0.0276. The smallest absolute Gasteiger partial charge is 0.351 e. The van der Waals surface area contributed by atoms with Gasteiger partial charge < -0.3 is 21.3 Å². The zero-order valence-corrected chi connectivity index (χ0v) is 26.5. The molecule has 1 aliphatic heterocycles. The Labute approximate surface area is 270 Å². The summed E-state index contributed by atoms with van der Waals surface area (Å²) in [6, 6.07) is 17.6. The van der Waals surface area contributed by atoms with Crippen LogP contribution in [0.1, 0.15) is 50.2 Å². The van der Waals surface area contributed by atoms with Crippen LogP contribution in [0.4, 0.5) is 13.2 Å². The van der Waals surface area contributed by atoms with Gasteiger partial charge >= 0.3 is 12.1 Å². The van der Waals surface area contributed by atoms with Crippen LogP contribution >= 0.6 is 7.37 Å². The molecule has 0 bridgehead atoms. The highest BCUT2D eigenvalue weighted by Gasteiger charge is 2.49. The highest BCUT2D eigenvalue weighted by Crippen LogP contribution is 2.57. The van der Waals surface area contributed by atoms with Crippen LogP contribution in [-0.2, 0) is 46.3 Å². The maximum atomic E-state index is 14.5. The third-order valence-corrected chi connectivity index (χ3v) is 10.5. The number of nitrogens with one attached hydrogen (secondary N) is 2. The third-order valence-electron chi connectivity index (χ3n) is 7.65. The Bertz CT molecular complexity index is 1470. The summed E-state index contributed by atoms with van der Waals surface area (Å²) in [6.45, 7) is 1.47. The third kappa shape index (κ3) is 10.6. The van der Waals surface area contributed by atoms with Crippen molar-refractivity contribution in [3.05, 3.63) is 71.8 Å². The zero-order chi connectivity index (χ0) is 34.6. The minimum Gasteiger partial charge on any atom is -0.351 e. The molecule has 0 radical (unpaired) electrons. The van der Waals surface area contributed by atoms with Gasteiger partial charge in [-0.15, -0.1) is 4.67 Å². The predicted octanol–water partition coefficient (Wildman–Crippen LogP) is 3.70. The van der Waals surface area contributed by atoms with Crippen LogP contribution < -0.4 is 16.4 Å². The number of hydrogen-bond donors (Lipinski definition) is 3. The van der Waals surface area contributed by atoms with Gasteiger partial charge in [-0.25, -0.2) is 4.79 Å². The van der Waals surface area contributed by atoms with Crippen LogP contribution in [0, 0.1) is 11.3 Å². The topological polar surface area (TPSA) is 181 Å². The van der Waals surface area contributed by atoms with E-state index < -0.39 is 60.8 Å². The van der Waals surface area contributed by atoms with Crippen LogP contribution in [0.15, 0.2) is 60.7 Å². The summed E-state index contributed by atoms with van der Waals surface area (Å²) in [5, 5.41) is 14.2. The van der Waals surface area contributed by atoms with Gasteiger partial charge in [0.1, 0.15) is 17.5 Å². The van der Waals surface area contributed by atoms with Gasteiger partial charge in [0.05, 0.1) is 12.1 Å². The number of carbonyl (C=O) groups is 4. The van der Waals surface area contributed by atoms with Gasteiger partial charge in [-0.05, 0) is 50.2 Å². The molecule has 0 aliphatic carbocycles. The molecule has 0 aromatic heterocycles. The fraction of sp³-hybridized carbons (Fsp3) is 0.452. The summed E-state index contributed by atoms with van der Waals surface area (Å²) < 4.78 is 58.3. The number of likely N-dealkylation sites (tertiary alicyclic amines) is 1. The molecule has 5 atom stereocenters. The number of aryl methyl sites for hydroxylation is 1. The number of amides is 3. The zero-order valence-electron chi connectivity index (χ0n) is 25.7. The van der Waals surface area contributed by atoms with Gasteiger partial charge in [0, 0.05) is 19.5 Å². The average Bonchev–Trinajstić information content (AvgIpc) is 3.54. The SMILES string of the molecule is CC(NC(=O)CCC(N)C(=O)N1CCCC1C#N)P(=O)(OOC(=O)C(F)(F)F)C(CCc1ccccc1)C(=O)NCc1ccccc1. The van der Waals surface area contributed by atoms with E-state index in [9.17, 15) is 42.2 Å². The van der Waals surface area contributed by atoms with E-state index >= 15 is 0 Å². The first kappa shape index (κ1) is 37.2. The first-order chi connectivity index (χ1) is 22.3. The molecule has 16 heteroatoms. The number of nitrogens with zero attached hydrogens (tertiary/aromatic N) is 2. The minimum atomic E-state index is -5.50. The first-order valence-electron chi connectivity index (χ1n) is 14.9. The normalized spacial score (nSPS) is 17.8. The Morgan fingerprint density at radius 1 is 1.06 bits per heavy atom. The maximum absolute atomic E-state index is 14.5. The maximum Gasteiger partial charge on any atom is 0.494 e. The second-order valence-corrected chi connectivity index (χ2v) is 13.9. The van der Waals surface area contributed by atoms with Gasteiger partial charge in [-0.1, -0.05) is 60.7 Å². The van der Waals surface area contributed by atoms with Crippen LogP contribution in [0.3, 0.4) is 0 Å². The summed E-state index contributed by atoms with van der Waals surface area (Å²) >= 11 is 0. The summed E-state index contributed by atoms with van der Waals surface area (Å²) in [6.07, 6.45) is -5.01. The molecule has 0 saturated carbocycles. The number of hydrogen-bond acceptors (Lipinski definition) is 9. The average molecular weight is 680 g/mol. The van der Waals surface area contributed by atoms with Crippen molar-refractivity contribution >= 4 is 31.1 Å². The van der Waals surface area contributed by atoms with Crippen LogP contribution in [-0.4, -0.2) is 64.8 Å². The molecule has 2 aromatic rings. The van der Waals surface area contributed by atoms with E-state index in [0.29, 0.717) is 30.5 Å². The van der Waals surface area contributed by atoms with Crippen molar-refractivity contribution < 1.29 is 46.5 Å². The second-order valence-electron chi connectivity index (χ2n) is 11.0. The van der Waals surface area contributed by atoms with Gasteiger partial charge in [0.15, 0.2) is 0 Å². The largest absolute Gasteiger partial charge is 0.494 e. The highest BCUT2D eigenvalue weighted by molar-refractivity contribution is 7.61. The van der Waals surface area contributed by atoms with Gasteiger partial charge in [-0.2, -0.15) is 18.4 Å². The molecule has 3 amide bonds. The van der Waals surface area contributed by atoms with Crippen LogP contribution in [0.25, 0.3) is 0 Å². The van der Waals surface area contributed by atoms with Gasteiger partial charge in [-0.3, -0.25) is 23.8 Å². The molecule has 47 heavy (non-hydrogen) atoms. The molecule has 1 heterocycles. The molecule has 4 N–H and O–H groups in total. The van der Waals surface area contributed by atoms with Crippen molar-refractivity contribution in [1.29, 1.82) is 5.26 Å². The molecule has 3 rings (SSSR count). The summed E-state index contributed by atoms with van der Waals surface area (Å²) in [5.41, 5.74) is 5.69. The van der Waals surface area contributed by atoms with Crippen molar-refractivity contribution in [3.63, 3.8) is 0 Å². The van der Waals surface area contributed by atoms with E-state index in [-0.39, 0.29) is 32.2 Å². The van der Waals surface area contributed by atoms with Crippen molar-refractivity contribution in [1.82, 2.24) is 15.5 Å². The molecular weight excluding hydrogens is 642 g/mol. The van der Waals surface area contributed by atoms with Crippen molar-refractivity contribution in [2.45, 2.75) is 81.7 Å². The van der Waals surface area contributed by atoms with Crippen LogP contribution in [0.5, 0.6) is 0 Å². The monoisotopic (exact) mass is 679 g/mol. The predicted molar refractivity (Wildman–Crippen MR) is 163 cm³/mol. The molecule has 0 spiro atoms. The first-order valence-corrected chi connectivity index (χ1v) is 16.7. The Kier molecular flexibility index (Phi) is 13.5. The molecule has 1 saturated heterocycles. The Morgan fingerprint density at radius 2 is 1.68 bits per heavy atom. The summed E-state index contributed by atoms with van der Waals surface area (Å²) in [4.78, 5) is 56.1. The number of nitriles is 1. The Morgan fingerprint density at radius 3 is 2.28 bits per heavy atom. The number of halogens is 3. The Hall–Kier alpha value is -4.25. The standard InChI is InChI=1S/C31H37F3N5O7P/c1-21(38-27(40)17-15-25(36)29(42)39-18-8-13-24(39)19-35)47(44,46-45-30(43)31(32,33)34)26(16-14-22-9-4-2-5-10-22)28(41)37-20-23-11-6-3-7-12-23/h2-7,9-12,21,24-26H,8,13-18,20,36H2,1H3,(H,37,41)(H,38,40). The Balaban J connectivity index is 1.81. The van der Waals surface area contributed by atoms with Crippen molar-refractivity contribution in [3.8, 4) is 6.07 Å². The van der Waals surface area contributed by atoms with E-state index in [1.165, 1.54) is 4.90 Å². The van der Waals surface area contributed by atoms with Gasteiger partial charge in [0.25, 0.3) is 7.37 Å². The van der Waals surface area contributed by atoms with E-state index in [4.69, 9.17) is 10.4 Å². The lowest BCUT2D eigenvalue weighted by Gasteiger charge is -2.30. The highest BCUT2D eigenvalue weighted by atomic mass is 31.2. The number of alkyl halides is 3. The number of benzene rings is 2. The van der Waals surface area contributed by atoms with E-state index in [1.807, 2.05) is 6.07 Å². The lowest BCUT2D eigenvalue weighted by atomic mass is 10.1. The number of nitrogens with two attached hydrogens (primary N) is 1. The number of rotatable bonds is 15. The van der Waals surface area contributed by atoms with E-state index in [0.717, 1.165) is 6.92 Å². The fourth-order valence-electron chi connectivity index (χ4n) is 5.03. The summed E-state index contributed by atoms with van der Waals surface area (Å²) in [7, 11) is -4.84. The number of carbonyl (C=O) groups excluding carboxylic acids is 4. The molecule has 1 fully saturated rings. The van der Waals surface area contributed by atoms with Crippen molar-refractivity contribution in [2.75, 3.05) is 6.54 Å².